The normalized spacial score (nSPS) is 32.2. The molecule has 3 atom stereocenters. The van der Waals surface area contributed by atoms with Gasteiger partial charge in [-0.3, -0.25) is 5.10 Å². The van der Waals surface area contributed by atoms with Crippen molar-refractivity contribution in [1.29, 1.82) is 0 Å². The van der Waals surface area contributed by atoms with Gasteiger partial charge < -0.3 is 0 Å². The van der Waals surface area contributed by atoms with Crippen LogP contribution >= 0.6 is 0 Å². The second-order valence-corrected chi connectivity index (χ2v) is 6.20. The molecule has 18 heavy (non-hydrogen) atoms. The van der Waals surface area contributed by atoms with E-state index in [1.807, 2.05) is 0 Å². The number of aromatic nitrogens is 3. The molecule has 2 fully saturated rings. The van der Waals surface area contributed by atoms with Crippen molar-refractivity contribution in [2.45, 2.75) is 70.6 Å². The van der Waals surface area contributed by atoms with Crippen molar-refractivity contribution in [2.75, 3.05) is 0 Å². The summed E-state index contributed by atoms with van der Waals surface area (Å²) in [5.41, 5.74) is 0. The Bertz CT molecular complexity index is 385. The van der Waals surface area contributed by atoms with Crippen molar-refractivity contribution in [3.63, 3.8) is 0 Å². The molecule has 0 bridgehead atoms. The van der Waals surface area contributed by atoms with E-state index in [4.69, 9.17) is 4.98 Å². The van der Waals surface area contributed by atoms with E-state index in [-0.39, 0.29) is 0 Å². The van der Waals surface area contributed by atoms with E-state index in [0.29, 0.717) is 5.92 Å². The molecule has 3 heteroatoms. The van der Waals surface area contributed by atoms with Crippen LogP contribution < -0.4 is 0 Å². The lowest BCUT2D eigenvalue weighted by Gasteiger charge is -2.38. The first kappa shape index (κ1) is 12.2. The van der Waals surface area contributed by atoms with Crippen molar-refractivity contribution >= 4 is 0 Å². The van der Waals surface area contributed by atoms with Gasteiger partial charge in [0.2, 0.25) is 0 Å². The van der Waals surface area contributed by atoms with Gasteiger partial charge >= 0.3 is 0 Å². The maximum atomic E-state index is 4.69. The van der Waals surface area contributed by atoms with Gasteiger partial charge in [0.25, 0.3) is 0 Å². The summed E-state index contributed by atoms with van der Waals surface area (Å²) in [4.78, 5) is 4.69. The van der Waals surface area contributed by atoms with E-state index in [0.717, 1.165) is 36.3 Å². The molecule has 3 rings (SSSR count). The molecule has 100 valence electrons. The van der Waals surface area contributed by atoms with Crippen LogP contribution in [0.25, 0.3) is 0 Å². The van der Waals surface area contributed by atoms with Crippen molar-refractivity contribution in [1.82, 2.24) is 15.2 Å². The van der Waals surface area contributed by atoms with Gasteiger partial charge in [-0.2, -0.15) is 5.10 Å². The van der Waals surface area contributed by atoms with Crippen LogP contribution in [-0.2, 0) is 6.42 Å². The highest BCUT2D eigenvalue weighted by molar-refractivity contribution is 5.01. The maximum absolute atomic E-state index is 4.69. The fourth-order valence-electron chi connectivity index (χ4n) is 3.95. The fraction of sp³-hybridized carbons (Fsp3) is 0.867. The van der Waals surface area contributed by atoms with Gasteiger partial charge in [0.05, 0.1) is 0 Å². The molecule has 3 unspecified atom stereocenters. The quantitative estimate of drug-likeness (QED) is 0.882. The third-order valence-corrected chi connectivity index (χ3v) is 4.94. The molecule has 0 radical (unpaired) electrons. The van der Waals surface area contributed by atoms with Crippen LogP contribution in [0.2, 0.25) is 0 Å². The summed E-state index contributed by atoms with van der Waals surface area (Å²) < 4.78 is 0. The zero-order valence-corrected chi connectivity index (χ0v) is 11.5. The Kier molecular flexibility index (Phi) is 3.67. The molecule has 0 aliphatic heterocycles. The van der Waals surface area contributed by atoms with Gasteiger partial charge in [-0.1, -0.05) is 32.6 Å². The summed E-state index contributed by atoms with van der Waals surface area (Å²) >= 11 is 0. The van der Waals surface area contributed by atoms with E-state index in [1.54, 1.807) is 0 Å². The van der Waals surface area contributed by atoms with Crippen LogP contribution in [-0.4, -0.2) is 15.2 Å². The Morgan fingerprint density at radius 2 is 1.94 bits per heavy atom. The summed E-state index contributed by atoms with van der Waals surface area (Å²) in [5.74, 6) is 4.79. The van der Waals surface area contributed by atoms with Crippen molar-refractivity contribution < 1.29 is 0 Å². The molecule has 2 saturated carbocycles. The molecular weight excluding hydrogens is 222 g/mol. The monoisotopic (exact) mass is 247 g/mol. The minimum atomic E-state index is 0.631. The maximum Gasteiger partial charge on any atom is 0.153 e. The average molecular weight is 247 g/mol. The molecule has 0 aromatic carbocycles. The standard InChI is InChI=1S/C15H25N3/c1-2-5-14-16-15(18-17-14)13-9-8-11-6-3-4-7-12(11)10-13/h11-13H,2-10H2,1H3,(H,16,17,18). The molecule has 0 spiro atoms. The summed E-state index contributed by atoms with van der Waals surface area (Å²) in [6, 6.07) is 0. The highest BCUT2D eigenvalue weighted by Crippen LogP contribution is 2.45. The molecule has 1 heterocycles. The second-order valence-electron chi connectivity index (χ2n) is 6.20. The Labute approximate surface area is 110 Å². The predicted octanol–water partition coefficient (Wildman–Crippen LogP) is 3.83. The molecule has 2 aliphatic rings. The number of aryl methyl sites for hydroxylation is 1. The van der Waals surface area contributed by atoms with Crippen LogP contribution in [0.4, 0.5) is 0 Å². The van der Waals surface area contributed by atoms with Gasteiger partial charge in [0, 0.05) is 12.3 Å². The van der Waals surface area contributed by atoms with Gasteiger partial charge in [0.15, 0.2) is 5.82 Å². The fourth-order valence-corrected chi connectivity index (χ4v) is 3.95. The summed E-state index contributed by atoms with van der Waals surface area (Å²) in [5, 5.41) is 7.57. The Morgan fingerprint density at radius 3 is 2.78 bits per heavy atom. The first-order chi connectivity index (χ1) is 8.86. The molecule has 0 amide bonds. The van der Waals surface area contributed by atoms with Gasteiger partial charge in [-0.25, -0.2) is 4.98 Å². The first-order valence-corrected chi connectivity index (χ1v) is 7.78. The first-order valence-electron chi connectivity index (χ1n) is 7.78. The molecule has 2 aliphatic carbocycles. The lowest BCUT2D eigenvalue weighted by atomic mass is 9.67. The molecule has 3 nitrogen and oxygen atoms in total. The SMILES string of the molecule is CCCc1nc(C2CCC3CCCCC3C2)n[nH]1. The second kappa shape index (κ2) is 5.41. The van der Waals surface area contributed by atoms with Gasteiger partial charge in [0.1, 0.15) is 5.82 Å². The number of rotatable bonds is 3. The molecule has 1 aromatic heterocycles. The molecule has 0 saturated heterocycles. The van der Waals surface area contributed by atoms with Crippen LogP contribution in [0, 0.1) is 11.8 Å². The lowest BCUT2D eigenvalue weighted by Crippen LogP contribution is -2.27. The third kappa shape index (κ3) is 2.45. The van der Waals surface area contributed by atoms with Gasteiger partial charge in [-0.05, 0) is 37.5 Å². The van der Waals surface area contributed by atoms with E-state index in [2.05, 4.69) is 17.1 Å². The smallest absolute Gasteiger partial charge is 0.153 e. The third-order valence-electron chi connectivity index (χ3n) is 4.94. The minimum Gasteiger partial charge on any atom is -0.263 e. The number of nitrogens with one attached hydrogen (secondary N) is 1. The number of hydrogen-bond acceptors (Lipinski definition) is 2. The van der Waals surface area contributed by atoms with Crippen LogP contribution in [0.1, 0.15) is 75.9 Å². The number of hydrogen-bond donors (Lipinski definition) is 1. The number of fused-ring (bicyclic) bond motifs is 1. The Balaban J connectivity index is 1.65. The molecular formula is C15H25N3. The largest absolute Gasteiger partial charge is 0.263 e. The van der Waals surface area contributed by atoms with Crippen molar-refractivity contribution in [2.24, 2.45) is 11.8 Å². The number of aromatic amines is 1. The van der Waals surface area contributed by atoms with Crippen LogP contribution in [0.3, 0.4) is 0 Å². The van der Waals surface area contributed by atoms with E-state index >= 15 is 0 Å². The zero-order valence-electron chi connectivity index (χ0n) is 11.5. The van der Waals surface area contributed by atoms with E-state index < -0.39 is 0 Å². The van der Waals surface area contributed by atoms with Crippen LogP contribution in [0.5, 0.6) is 0 Å². The highest BCUT2D eigenvalue weighted by atomic mass is 15.2. The van der Waals surface area contributed by atoms with Gasteiger partial charge in [-0.15, -0.1) is 0 Å². The zero-order chi connectivity index (χ0) is 12.4. The van der Waals surface area contributed by atoms with E-state index in [9.17, 15) is 0 Å². The number of H-pyrrole nitrogens is 1. The summed E-state index contributed by atoms with van der Waals surface area (Å²) in [7, 11) is 0. The summed E-state index contributed by atoms with van der Waals surface area (Å²) in [6.07, 6.45) is 12.1. The van der Waals surface area contributed by atoms with Crippen LogP contribution in [0.15, 0.2) is 0 Å². The predicted molar refractivity (Wildman–Crippen MR) is 72.4 cm³/mol. The van der Waals surface area contributed by atoms with E-state index in [1.165, 1.54) is 44.9 Å². The topological polar surface area (TPSA) is 41.6 Å². The van der Waals surface area contributed by atoms with Crippen molar-refractivity contribution in [3.05, 3.63) is 11.6 Å². The summed E-state index contributed by atoms with van der Waals surface area (Å²) in [6.45, 7) is 2.19. The number of nitrogens with zero attached hydrogens (tertiary/aromatic N) is 2. The Morgan fingerprint density at radius 1 is 1.11 bits per heavy atom. The lowest BCUT2D eigenvalue weighted by molar-refractivity contribution is 0.153. The minimum absolute atomic E-state index is 0.631. The average Bonchev–Trinajstić information content (AvgIpc) is 2.87. The molecule has 1 aromatic rings. The Hall–Kier alpha value is -0.860. The highest BCUT2D eigenvalue weighted by Gasteiger charge is 2.34. The van der Waals surface area contributed by atoms with Crippen molar-refractivity contribution in [3.8, 4) is 0 Å². The molecule has 1 N–H and O–H groups in total.